The number of nitrogen functional groups attached to an aromatic ring is 1. The molecule has 0 aliphatic heterocycles. The van der Waals surface area contributed by atoms with Gasteiger partial charge in [0.25, 0.3) is 0 Å². The molecule has 0 fully saturated rings. The van der Waals surface area contributed by atoms with E-state index in [0.29, 0.717) is 28.8 Å². The molecule has 0 aliphatic rings. The summed E-state index contributed by atoms with van der Waals surface area (Å²) in [6.45, 7) is 0.417. The van der Waals surface area contributed by atoms with E-state index in [1.54, 1.807) is 7.11 Å². The van der Waals surface area contributed by atoms with Crippen molar-refractivity contribution in [1.82, 2.24) is 0 Å². The van der Waals surface area contributed by atoms with E-state index >= 15 is 0 Å². The standard InChI is InChI=1S/C20H17BrClNO2S/c1-24-16-8-10-18(26-17-9-7-14(22)11-15(17)21)19(23)20(16)25-12-13-5-3-2-4-6-13/h2-11H,12,23H2,1H3. The number of benzene rings is 3. The summed E-state index contributed by atoms with van der Waals surface area (Å²) < 4.78 is 12.3. The summed E-state index contributed by atoms with van der Waals surface area (Å²) in [5.41, 5.74) is 8.00. The van der Waals surface area contributed by atoms with E-state index in [0.717, 1.165) is 19.8 Å². The summed E-state index contributed by atoms with van der Waals surface area (Å²) in [6.07, 6.45) is 0. The van der Waals surface area contributed by atoms with Crippen LogP contribution in [0.25, 0.3) is 0 Å². The maximum atomic E-state index is 6.38. The topological polar surface area (TPSA) is 44.5 Å². The van der Waals surface area contributed by atoms with Crippen LogP contribution in [0.15, 0.2) is 74.9 Å². The fourth-order valence-electron chi connectivity index (χ4n) is 2.37. The Morgan fingerprint density at radius 2 is 1.77 bits per heavy atom. The molecular weight excluding hydrogens is 434 g/mol. The van der Waals surface area contributed by atoms with Crippen LogP contribution in [0.1, 0.15) is 5.56 Å². The van der Waals surface area contributed by atoms with Crippen molar-refractivity contribution in [2.45, 2.75) is 16.4 Å². The van der Waals surface area contributed by atoms with Crippen LogP contribution >= 0.6 is 39.3 Å². The Morgan fingerprint density at radius 1 is 1.04 bits per heavy atom. The second-order valence-electron chi connectivity index (χ2n) is 5.46. The van der Waals surface area contributed by atoms with Gasteiger partial charge in [0.15, 0.2) is 11.5 Å². The van der Waals surface area contributed by atoms with E-state index in [2.05, 4.69) is 15.9 Å². The Morgan fingerprint density at radius 3 is 2.46 bits per heavy atom. The molecule has 0 amide bonds. The van der Waals surface area contributed by atoms with Gasteiger partial charge in [0.2, 0.25) is 0 Å². The molecule has 0 aliphatic carbocycles. The van der Waals surface area contributed by atoms with Crippen molar-refractivity contribution in [3.05, 3.63) is 75.7 Å². The van der Waals surface area contributed by atoms with E-state index in [1.165, 1.54) is 11.8 Å². The number of nitrogens with two attached hydrogens (primary N) is 1. The highest BCUT2D eigenvalue weighted by molar-refractivity contribution is 9.10. The molecule has 0 saturated heterocycles. The molecule has 6 heteroatoms. The second kappa shape index (κ2) is 8.71. The van der Waals surface area contributed by atoms with Crippen LogP contribution in [0.4, 0.5) is 5.69 Å². The molecule has 0 spiro atoms. The first-order chi connectivity index (χ1) is 12.6. The van der Waals surface area contributed by atoms with Gasteiger partial charge in [0.1, 0.15) is 6.61 Å². The van der Waals surface area contributed by atoms with Crippen LogP contribution in [0.3, 0.4) is 0 Å². The van der Waals surface area contributed by atoms with Gasteiger partial charge in [-0.1, -0.05) is 53.7 Å². The van der Waals surface area contributed by atoms with E-state index in [9.17, 15) is 0 Å². The van der Waals surface area contributed by atoms with E-state index < -0.39 is 0 Å². The Bertz CT molecular complexity index is 906. The van der Waals surface area contributed by atoms with Gasteiger partial charge in [0, 0.05) is 19.3 Å². The smallest absolute Gasteiger partial charge is 0.185 e. The lowest BCUT2D eigenvalue weighted by Crippen LogP contribution is -2.02. The molecule has 0 saturated carbocycles. The van der Waals surface area contributed by atoms with Gasteiger partial charge in [0.05, 0.1) is 12.8 Å². The molecule has 26 heavy (non-hydrogen) atoms. The zero-order chi connectivity index (χ0) is 18.5. The van der Waals surface area contributed by atoms with Crippen LogP contribution in [-0.2, 0) is 6.61 Å². The molecule has 0 aromatic heterocycles. The Hall–Kier alpha value is -1.82. The number of anilines is 1. The number of ether oxygens (including phenoxy) is 2. The molecule has 134 valence electrons. The van der Waals surface area contributed by atoms with Gasteiger partial charge in [-0.3, -0.25) is 0 Å². The molecule has 3 aromatic rings. The number of hydrogen-bond donors (Lipinski definition) is 1. The largest absolute Gasteiger partial charge is 0.493 e. The molecule has 2 N–H and O–H groups in total. The maximum absolute atomic E-state index is 6.38. The highest BCUT2D eigenvalue weighted by Gasteiger charge is 2.15. The predicted octanol–water partition coefficient (Wildman–Crippen LogP) is 6.42. The van der Waals surface area contributed by atoms with Gasteiger partial charge in [-0.25, -0.2) is 0 Å². The Kier molecular flexibility index (Phi) is 6.35. The lowest BCUT2D eigenvalue weighted by Gasteiger charge is -2.16. The summed E-state index contributed by atoms with van der Waals surface area (Å²) in [5, 5.41) is 0.677. The van der Waals surface area contributed by atoms with Crippen molar-refractivity contribution in [3.63, 3.8) is 0 Å². The predicted molar refractivity (Wildman–Crippen MR) is 111 cm³/mol. The molecular formula is C20H17BrClNO2S. The first kappa shape index (κ1) is 19.0. The minimum atomic E-state index is 0.417. The summed E-state index contributed by atoms with van der Waals surface area (Å²) in [5.74, 6) is 1.16. The van der Waals surface area contributed by atoms with Gasteiger partial charge in [-0.05, 0) is 51.8 Å². The van der Waals surface area contributed by atoms with Crippen LogP contribution in [-0.4, -0.2) is 7.11 Å². The van der Waals surface area contributed by atoms with Crippen molar-refractivity contribution < 1.29 is 9.47 Å². The van der Waals surface area contributed by atoms with E-state index in [4.69, 9.17) is 26.8 Å². The van der Waals surface area contributed by atoms with E-state index in [1.807, 2.05) is 60.7 Å². The summed E-state index contributed by atoms with van der Waals surface area (Å²) in [4.78, 5) is 1.90. The van der Waals surface area contributed by atoms with Crippen LogP contribution in [0.5, 0.6) is 11.5 Å². The van der Waals surface area contributed by atoms with Gasteiger partial charge >= 0.3 is 0 Å². The third kappa shape index (κ3) is 4.47. The Balaban J connectivity index is 1.87. The molecule has 0 unspecified atom stereocenters. The average Bonchev–Trinajstić information content (AvgIpc) is 2.65. The minimum Gasteiger partial charge on any atom is -0.493 e. The van der Waals surface area contributed by atoms with Crippen molar-refractivity contribution in [1.29, 1.82) is 0 Å². The molecule has 0 heterocycles. The highest BCUT2D eigenvalue weighted by atomic mass is 79.9. The fourth-order valence-corrected chi connectivity index (χ4v) is 4.16. The molecule has 3 nitrogen and oxygen atoms in total. The van der Waals surface area contributed by atoms with Crippen LogP contribution in [0.2, 0.25) is 5.02 Å². The summed E-state index contributed by atoms with van der Waals surface area (Å²) >= 11 is 11.1. The maximum Gasteiger partial charge on any atom is 0.185 e. The first-order valence-electron chi connectivity index (χ1n) is 7.84. The SMILES string of the molecule is COc1ccc(Sc2ccc(Cl)cc2Br)c(N)c1OCc1ccccc1. The third-order valence-electron chi connectivity index (χ3n) is 3.68. The quantitative estimate of drug-likeness (QED) is 0.440. The normalized spacial score (nSPS) is 10.6. The molecule has 0 atom stereocenters. The van der Waals surface area contributed by atoms with Gasteiger partial charge < -0.3 is 15.2 Å². The molecule has 0 bridgehead atoms. The summed E-state index contributed by atoms with van der Waals surface area (Å²) in [6, 6.07) is 19.4. The number of rotatable bonds is 6. The van der Waals surface area contributed by atoms with Crippen molar-refractivity contribution >= 4 is 45.0 Å². The molecule has 3 rings (SSSR count). The lowest BCUT2D eigenvalue weighted by atomic mass is 10.2. The molecule has 0 radical (unpaired) electrons. The van der Waals surface area contributed by atoms with Crippen molar-refractivity contribution in [3.8, 4) is 11.5 Å². The number of halogens is 2. The number of methoxy groups -OCH3 is 1. The number of hydrogen-bond acceptors (Lipinski definition) is 4. The lowest BCUT2D eigenvalue weighted by molar-refractivity contribution is 0.285. The van der Waals surface area contributed by atoms with Crippen LogP contribution in [0, 0.1) is 0 Å². The van der Waals surface area contributed by atoms with Crippen molar-refractivity contribution in [2.24, 2.45) is 0 Å². The first-order valence-corrected chi connectivity index (χ1v) is 9.83. The zero-order valence-electron chi connectivity index (χ0n) is 14.0. The van der Waals surface area contributed by atoms with E-state index in [-0.39, 0.29) is 0 Å². The minimum absolute atomic E-state index is 0.417. The summed E-state index contributed by atoms with van der Waals surface area (Å²) in [7, 11) is 1.60. The van der Waals surface area contributed by atoms with Crippen LogP contribution < -0.4 is 15.2 Å². The molecule has 3 aromatic carbocycles. The fraction of sp³-hybridized carbons (Fsp3) is 0.100. The second-order valence-corrected chi connectivity index (χ2v) is 7.83. The highest BCUT2D eigenvalue weighted by Crippen LogP contribution is 2.44. The zero-order valence-corrected chi connectivity index (χ0v) is 17.2. The Labute approximate surface area is 170 Å². The average molecular weight is 451 g/mol. The van der Waals surface area contributed by atoms with Crippen molar-refractivity contribution in [2.75, 3.05) is 12.8 Å². The van der Waals surface area contributed by atoms with Gasteiger partial charge in [-0.15, -0.1) is 0 Å². The van der Waals surface area contributed by atoms with Gasteiger partial charge in [-0.2, -0.15) is 0 Å². The third-order valence-corrected chi connectivity index (χ3v) is 5.99. The monoisotopic (exact) mass is 449 g/mol.